The van der Waals surface area contributed by atoms with Gasteiger partial charge >= 0.3 is 6.09 Å². The third kappa shape index (κ3) is 3.32. The van der Waals surface area contributed by atoms with Crippen LogP contribution in [0, 0.1) is 0 Å². The quantitative estimate of drug-likeness (QED) is 0.665. The summed E-state index contributed by atoms with van der Waals surface area (Å²) in [6.45, 7) is 7.08. The highest BCUT2D eigenvalue weighted by Crippen LogP contribution is 2.36. The first kappa shape index (κ1) is 18.7. The van der Waals surface area contributed by atoms with Crippen molar-refractivity contribution in [1.29, 1.82) is 0 Å². The highest BCUT2D eigenvalue weighted by molar-refractivity contribution is 5.72. The van der Waals surface area contributed by atoms with Gasteiger partial charge in [0, 0.05) is 38.2 Å². The Balaban J connectivity index is 1.40. The Bertz CT molecular complexity index is 1090. The lowest BCUT2D eigenvalue weighted by molar-refractivity contribution is 0.0751. The molecule has 1 saturated heterocycles. The van der Waals surface area contributed by atoms with Crippen LogP contribution in [-0.4, -0.2) is 64.5 Å². The predicted octanol–water partition coefficient (Wildman–Crippen LogP) is 3.00. The van der Waals surface area contributed by atoms with Crippen molar-refractivity contribution in [3.63, 3.8) is 0 Å². The van der Waals surface area contributed by atoms with Gasteiger partial charge in [-0.1, -0.05) is 12.1 Å². The molecule has 0 spiro atoms. The van der Waals surface area contributed by atoms with Gasteiger partial charge in [-0.25, -0.2) is 14.3 Å². The molecule has 1 amide bonds. The summed E-state index contributed by atoms with van der Waals surface area (Å²) < 4.78 is 13.1. The van der Waals surface area contributed by atoms with Gasteiger partial charge in [-0.3, -0.25) is 0 Å². The number of carbonyl (C=O) groups is 1. The Kier molecular flexibility index (Phi) is 4.69. The molecule has 0 N–H and O–H groups in total. The third-order valence-electron chi connectivity index (χ3n) is 5.54. The van der Waals surface area contributed by atoms with Crippen LogP contribution in [0.4, 0.5) is 10.6 Å². The third-order valence-corrected chi connectivity index (χ3v) is 5.54. The number of hydrogen-bond acceptors (Lipinski definition) is 6. The number of imidazole rings is 1. The van der Waals surface area contributed by atoms with E-state index in [2.05, 4.69) is 28.1 Å². The number of fused-ring (bicyclic) bond motifs is 2. The van der Waals surface area contributed by atoms with E-state index in [1.807, 2.05) is 36.7 Å². The number of carbonyl (C=O) groups excluding carboxylic acids is 1. The van der Waals surface area contributed by atoms with Crippen molar-refractivity contribution in [3.8, 4) is 17.0 Å². The van der Waals surface area contributed by atoms with Gasteiger partial charge in [-0.05, 0) is 37.6 Å². The van der Waals surface area contributed by atoms with E-state index in [1.165, 1.54) is 5.56 Å². The van der Waals surface area contributed by atoms with Gasteiger partial charge in [0.25, 0.3) is 0 Å². The van der Waals surface area contributed by atoms with Crippen LogP contribution in [0.5, 0.6) is 5.75 Å². The molecule has 0 atom stereocenters. The van der Waals surface area contributed by atoms with Gasteiger partial charge in [0.1, 0.15) is 11.6 Å². The summed E-state index contributed by atoms with van der Waals surface area (Å²) in [6.07, 6.45) is 2.43. The Hall–Kier alpha value is -3.29. The maximum absolute atomic E-state index is 12.1. The van der Waals surface area contributed by atoms with E-state index >= 15 is 0 Å². The Labute approximate surface area is 175 Å². The summed E-state index contributed by atoms with van der Waals surface area (Å²) in [7, 11) is 0. The zero-order valence-corrected chi connectivity index (χ0v) is 17.2. The Morgan fingerprint density at radius 1 is 1.13 bits per heavy atom. The molecule has 2 aliphatic rings. The highest BCUT2D eigenvalue weighted by atomic mass is 16.6. The van der Waals surface area contributed by atoms with E-state index < -0.39 is 0 Å². The normalized spacial score (nSPS) is 16.1. The van der Waals surface area contributed by atoms with Crippen LogP contribution in [0.25, 0.3) is 16.9 Å². The van der Waals surface area contributed by atoms with E-state index in [4.69, 9.17) is 14.6 Å². The number of para-hydroxylation sites is 1. The van der Waals surface area contributed by atoms with Crippen LogP contribution < -0.4 is 9.64 Å². The molecule has 0 unspecified atom stereocenters. The number of hydrogen-bond donors (Lipinski definition) is 0. The van der Waals surface area contributed by atoms with Crippen LogP contribution in [-0.2, 0) is 11.2 Å². The van der Waals surface area contributed by atoms with Crippen LogP contribution in [0.1, 0.15) is 19.4 Å². The van der Waals surface area contributed by atoms with E-state index in [9.17, 15) is 4.79 Å². The van der Waals surface area contributed by atoms with Gasteiger partial charge in [0.2, 0.25) is 0 Å². The second kappa shape index (κ2) is 7.51. The minimum Gasteiger partial charge on any atom is -0.492 e. The zero-order valence-electron chi connectivity index (χ0n) is 17.2. The molecular formula is C22H25N5O3. The average molecular weight is 407 g/mol. The van der Waals surface area contributed by atoms with Gasteiger partial charge in [-0.15, -0.1) is 5.10 Å². The Morgan fingerprint density at radius 3 is 2.77 bits per heavy atom. The average Bonchev–Trinajstić information content (AvgIpc) is 3.39. The summed E-state index contributed by atoms with van der Waals surface area (Å²) >= 11 is 0. The summed E-state index contributed by atoms with van der Waals surface area (Å²) in [5.74, 6) is 1.80. The molecule has 0 bridgehead atoms. The highest BCUT2D eigenvalue weighted by Gasteiger charge is 2.25. The summed E-state index contributed by atoms with van der Waals surface area (Å²) in [5.41, 5.74) is 3.96. The number of ether oxygens (including phenoxy) is 2. The maximum atomic E-state index is 12.1. The first-order valence-corrected chi connectivity index (χ1v) is 10.4. The molecule has 30 heavy (non-hydrogen) atoms. The van der Waals surface area contributed by atoms with Crippen molar-refractivity contribution < 1.29 is 14.3 Å². The van der Waals surface area contributed by atoms with Crippen molar-refractivity contribution in [2.24, 2.45) is 0 Å². The number of rotatable bonds is 3. The molecule has 0 aliphatic carbocycles. The first-order valence-electron chi connectivity index (χ1n) is 10.4. The van der Waals surface area contributed by atoms with Crippen molar-refractivity contribution in [3.05, 3.63) is 42.1 Å². The fourth-order valence-electron chi connectivity index (χ4n) is 4.03. The van der Waals surface area contributed by atoms with Gasteiger partial charge in [0.15, 0.2) is 5.65 Å². The van der Waals surface area contributed by atoms with Crippen LogP contribution in [0.2, 0.25) is 0 Å². The molecule has 0 saturated carbocycles. The molecule has 8 nitrogen and oxygen atoms in total. The van der Waals surface area contributed by atoms with E-state index in [1.54, 1.807) is 4.90 Å². The summed E-state index contributed by atoms with van der Waals surface area (Å²) in [4.78, 5) is 20.6. The van der Waals surface area contributed by atoms with Crippen LogP contribution in [0.15, 0.2) is 36.5 Å². The maximum Gasteiger partial charge on any atom is 0.410 e. The number of benzene rings is 1. The van der Waals surface area contributed by atoms with Crippen LogP contribution in [0.3, 0.4) is 0 Å². The number of nitrogens with zero attached hydrogens (tertiary/aromatic N) is 5. The largest absolute Gasteiger partial charge is 0.492 e. The predicted molar refractivity (Wildman–Crippen MR) is 113 cm³/mol. The van der Waals surface area contributed by atoms with Crippen LogP contribution >= 0.6 is 0 Å². The smallest absolute Gasteiger partial charge is 0.410 e. The van der Waals surface area contributed by atoms with Gasteiger partial charge in [0.05, 0.1) is 24.6 Å². The first-order chi connectivity index (χ1) is 14.6. The lowest BCUT2D eigenvalue weighted by Crippen LogP contribution is -2.49. The molecule has 156 valence electrons. The molecular weight excluding hydrogens is 382 g/mol. The van der Waals surface area contributed by atoms with E-state index in [-0.39, 0.29) is 12.2 Å². The summed E-state index contributed by atoms with van der Waals surface area (Å²) in [6, 6.07) is 10.2. The minimum atomic E-state index is -0.247. The monoisotopic (exact) mass is 407 g/mol. The molecule has 2 aromatic heterocycles. The number of amides is 1. The van der Waals surface area contributed by atoms with Gasteiger partial charge in [-0.2, -0.15) is 0 Å². The molecule has 3 aromatic rings. The van der Waals surface area contributed by atoms with Crippen molar-refractivity contribution in [2.75, 3.05) is 37.7 Å². The number of anilines is 1. The lowest BCUT2D eigenvalue weighted by atomic mass is 10.1. The molecule has 2 aliphatic heterocycles. The number of aromatic nitrogens is 3. The van der Waals surface area contributed by atoms with Crippen molar-refractivity contribution >= 4 is 17.6 Å². The SMILES string of the molecule is CC(C)OC(=O)N1CCN(c2ccc3ncc(-c4cccc5c4OCC5)n3n2)CC1. The lowest BCUT2D eigenvalue weighted by Gasteiger charge is -2.35. The minimum absolute atomic E-state index is 0.109. The molecule has 4 heterocycles. The van der Waals surface area contributed by atoms with Gasteiger partial charge < -0.3 is 19.3 Å². The molecule has 0 radical (unpaired) electrons. The molecule has 5 rings (SSSR count). The van der Waals surface area contributed by atoms with Crippen molar-refractivity contribution in [1.82, 2.24) is 19.5 Å². The fraction of sp³-hybridized carbons (Fsp3) is 0.409. The zero-order chi connectivity index (χ0) is 20.7. The Morgan fingerprint density at radius 2 is 1.97 bits per heavy atom. The topological polar surface area (TPSA) is 72.2 Å². The second-order valence-corrected chi connectivity index (χ2v) is 7.90. The fourth-order valence-corrected chi connectivity index (χ4v) is 4.03. The standard InChI is InChI=1S/C22H25N5O3/c1-15(2)30-22(28)26-11-9-25(10-12-26)20-7-6-19-23-14-18(27(19)24-20)17-5-3-4-16-8-13-29-21(16)17/h3-7,14-15H,8-13H2,1-2H3. The molecule has 1 aromatic carbocycles. The molecule has 8 heteroatoms. The second-order valence-electron chi connectivity index (χ2n) is 7.90. The van der Waals surface area contributed by atoms with Crippen molar-refractivity contribution in [2.45, 2.75) is 26.4 Å². The van der Waals surface area contributed by atoms with E-state index in [0.717, 1.165) is 34.9 Å². The van der Waals surface area contributed by atoms with E-state index in [0.29, 0.717) is 32.8 Å². The summed E-state index contributed by atoms with van der Waals surface area (Å²) in [5, 5.41) is 4.87. The molecule has 1 fully saturated rings. The number of piperazine rings is 1.